The highest BCUT2D eigenvalue weighted by Gasteiger charge is 2.42. The van der Waals surface area contributed by atoms with Gasteiger partial charge in [-0.1, -0.05) is 12.1 Å². The first-order valence-electron chi connectivity index (χ1n) is 10.8. The number of aliphatic hydroxyl groups is 2. The monoisotopic (exact) mass is 513 g/mol. The first-order chi connectivity index (χ1) is 17.1. The summed E-state index contributed by atoms with van der Waals surface area (Å²) < 4.78 is 28.2. The summed E-state index contributed by atoms with van der Waals surface area (Å²) in [4.78, 5) is 21.2. The van der Waals surface area contributed by atoms with Crippen molar-refractivity contribution in [2.24, 2.45) is 11.1 Å². The van der Waals surface area contributed by atoms with Gasteiger partial charge in [-0.05, 0) is 30.2 Å². The number of nitrogens with one attached hydrogen (secondary N) is 1. The van der Waals surface area contributed by atoms with Crippen LogP contribution >= 0.6 is 0 Å². The fraction of sp³-hybridized carbons (Fsp3) is 0.318. The van der Waals surface area contributed by atoms with Gasteiger partial charge in [0.1, 0.15) is 23.9 Å². The average molecular weight is 514 g/mol. The summed E-state index contributed by atoms with van der Waals surface area (Å²) >= 11 is 0. The molecule has 0 saturated heterocycles. The zero-order chi connectivity index (χ0) is 25.9. The summed E-state index contributed by atoms with van der Waals surface area (Å²) in [5.74, 6) is -1.06. The third kappa shape index (κ3) is 5.90. The van der Waals surface area contributed by atoms with Crippen LogP contribution in [-0.2, 0) is 21.0 Å². The molecule has 0 unspecified atom stereocenters. The molecular weight excluding hydrogens is 490 g/mol. The minimum absolute atomic E-state index is 0.0974. The van der Waals surface area contributed by atoms with E-state index in [0.29, 0.717) is 12.1 Å². The summed E-state index contributed by atoms with van der Waals surface area (Å²) in [7, 11) is -4.20. The van der Waals surface area contributed by atoms with E-state index in [4.69, 9.17) is 10.4 Å². The topological polar surface area (TPSA) is 206 Å². The maximum absolute atomic E-state index is 13.2. The number of aliphatic hydroxyl groups excluding tert-OH is 2. The van der Waals surface area contributed by atoms with Gasteiger partial charge in [0.25, 0.3) is 0 Å². The van der Waals surface area contributed by atoms with Gasteiger partial charge < -0.3 is 15.5 Å². The molecule has 14 heteroatoms. The molecule has 36 heavy (non-hydrogen) atoms. The van der Waals surface area contributed by atoms with E-state index in [1.54, 1.807) is 35.1 Å². The molecule has 1 saturated carbocycles. The van der Waals surface area contributed by atoms with Crippen LogP contribution in [-0.4, -0.2) is 69.0 Å². The number of carbonyl (C=O) groups is 1. The molecule has 1 aliphatic carbocycles. The molecule has 2 heterocycles. The van der Waals surface area contributed by atoms with E-state index < -0.39 is 46.9 Å². The van der Waals surface area contributed by atoms with Crippen molar-refractivity contribution in [3.05, 3.63) is 71.4 Å². The van der Waals surface area contributed by atoms with Crippen molar-refractivity contribution in [3.8, 4) is 6.07 Å². The Kier molecular flexibility index (Phi) is 7.38. The SMILES string of the molecule is N#Cc1cccc(Cn2ccc(C(=O)c3cncnc3N[C@@H]3C[C@H](COS(N)(=O)=O)[C@@H](O)[C@H]3O)n2)c1. The highest BCUT2D eigenvalue weighted by Crippen LogP contribution is 2.30. The second kappa shape index (κ2) is 10.5. The highest BCUT2D eigenvalue weighted by molar-refractivity contribution is 7.84. The normalized spacial score (nSPS) is 21.7. The lowest BCUT2D eigenvalue weighted by Gasteiger charge is -2.19. The minimum Gasteiger partial charge on any atom is -0.390 e. The fourth-order valence-corrected chi connectivity index (χ4v) is 4.40. The second-order valence-corrected chi connectivity index (χ2v) is 9.55. The van der Waals surface area contributed by atoms with Crippen molar-refractivity contribution in [2.75, 3.05) is 11.9 Å². The van der Waals surface area contributed by atoms with Crippen LogP contribution in [0.1, 0.15) is 33.6 Å². The summed E-state index contributed by atoms with van der Waals surface area (Å²) in [5.41, 5.74) is 1.60. The molecule has 1 aliphatic rings. The first-order valence-corrected chi connectivity index (χ1v) is 12.3. The van der Waals surface area contributed by atoms with Gasteiger partial charge in [0.05, 0.1) is 42.5 Å². The minimum atomic E-state index is -4.20. The van der Waals surface area contributed by atoms with Gasteiger partial charge in [0.2, 0.25) is 5.78 Å². The first kappa shape index (κ1) is 25.4. The third-order valence-corrected chi connectivity index (χ3v) is 6.27. The Balaban J connectivity index is 1.48. The Bertz CT molecular complexity index is 1400. The van der Waals surface area contributed by atoms with E-state index in [-0.39, 0.29) is 23.5 Å². The van der Waals surface area contributed by atoms with Crippen LogP contribution in [0.3, 0.4) is 0 Å². The number of anilines is 1. The summed E-state index contributed by atoms with van der Waals surface area (Å²) in [5, 5.41) is 41.9. The number of nitrogens with zero attached hydrogens (tertiary/aromatic N) is 5. The lowest BCUT2D eigenvalue weighted by atomic mass is 10.1. The predicted octanol–water partition coefficient (Wildman–Crippen LogP) is -0.434. The largest absolute Gasteiger partial charge is 0.390 e. The smallest absolute Gasteiger partial charge is 0.333 e. The number of carbonyl (C=O) groups excluding carboxylic acids is 1. The van der Waals surface area contributed by atoms with Crippen LogP contribution in [0.15, 0.2) is 49.1 Å². The van der Waals surface area contributed by atoms with E-state index in [2.05, 4.69) is 30.6 Å². The van der Waals surface area contributed by atoms with Crippen molar-refractivity contribution >= 4 is 21.9 Å². The van der Waals surface area contributed by atoms with Crippen LogP contribution < -0.4 is 10.5 Å². The molecule has 4 rings (SSSR count). The lowest BCUT2D eigenvalue weighted by Crippen LogP contribution is -2.36. The van der Waals surface area contributed by atoms with Gasteiger partial charge in [0.15, 0.2) is 0 Å². The number of benzene rings is 1. The number of nitriles is 1. The zero-order valence-electron chi connectivity index (χ0n) is 18.8. The molecule has 2 aromatic heterocycles. The van der Waals surface area contributed by atoms with Crippen molar-refractivity contribution in [1.29, 1.82) is 5.26 Å². The number of nitrogens with two attached hydrogens (primary N) is 1. The number of hydrogen-bond acceptors (Lipinski definition) is 11. The highest BCUT2D eigenvalue weighted by atomic mass is 32.2. The second-order valence-electron chi connectivity index (χ2n) is 8.33. The molecule has 0 bridgehead atoms. The molecule has 4 atom stereocenters. The molecule has 0 spiro atoms. The molecule has 0 amide bonds. The van der Waals surface area contributed by atoms with Crippen LogP contribution in [0.2, 0.25) is 0 Å². The van der Waals surface area contributed by atoms with E-state index in [1.807, 2.05) is 6.07 Å². The Morgan fingerprint density at radius 2 is 2.11 bits per heavy atom. The van der Waals surface area contributed by atoms with Crippen LogP contribution in [0.25, 0.3) is 0 Å². The third-order valence-electron chi connectivity index (χ3n) is 5.80. The summed E-state index contributed by atoms with van der Waals surface area (Å²) in [6.45, 7) is -0.0488. The lowest BCUT2D eigenvalue weighted by molar-refractivity contribution is 0.00778. The zero-order valence-corrected chi connectivity index (χ0v) is 19.6. The molecular formula is C22H23N7O6S. The van der Waals surface area contributed by atoms with Gasteiger partial charge in [0, 0.05) is 18.3 Å². The predicted molar refractivity (Wildman–Crippen MR) is 125 cm³/mol. The van der Waals surface area contributed by atoms with Gasteiger partial charge in [-0.3, -0.25) is 13.7 Å². The molecule has 5 N–H and O–H groups in total. The number of ketones is 1. The van der Waals surface area contributed by atoms with Gasteiger partial charge >= 0.3 is 10.3 Å². The van der Waals surface area contributed by atoms with Crippen LogP contribution in [0.4, 0.5) is 5.82 Å². The fourth-order valence-electron chi connectivity index (χ4n) is 4.04. The maximum atomic E-state index is 13.2. The molecule has 1 aromatic carbocycles. The Morgan fingerprint density at radius 1 is 1.31 bits per heavy atom. The molecule has 0 aliphatic heterocycles. The Morgan fingerprint density at radius 3 is 2.86 bits per heavy atom. The molecule has 188 valence electrons. The molecule has 0 radical (unpaired) electrons. The quantitative estimate of drug-likeness (QED) is 0.270. The number of rotatable bonds is 9. The maximum Gasteiger partial charge on any atom is 0.333 e. The summed E-state index contributed by atoms with van der Waals surface area (Å²) in [6, 6.07) is 9.92. The molecule has 3 aromatic rings. The van der Waals surface area contributed by atoms with Gasteiger partial charge in [-0.25, -0.2) is 15.1 Å². The number of aromatic nitrogens is 4. The van der Waals surface area contributed by atoms with Crippen molar-refractivity contribution in [3.63, 3.8) is 0 Å². The number of hydrogen-bond donors (Lipinski definition) is 4. The molecule has 13 nitrogen and oxygen atoms in total. The van der Waals surface area contributed by atoms with Crippen molar-refractivity contribution in [1.82, 2.24) is 19.7 Å². The Hall–Kier alpha value is -3.74. The van der Waals surface area contributed by atoms with E-state index >= 15 is 0 Å². The van der Waals surface area contributed by atoms with E-state index in [0.717, 1.165) is 5.56 Å². The van der Waals surface area contributed by atoms with Crippen molar-refractivity contribution in [2.45, 2.75) is 31.2 Å². The van der Waals surface area contributed by atoms with E-state index in [9.17, 15) is 23.4 Å². The van der Waals surface area contributed by atoms with Crippen LogP contribution in [0, 0.1) is 17.2 Å². The van der Waals surface area contributed by atoms with Crippen LogP contribution in [0.5, 0.6) is 0 Å². The van der Waals surface area contributed by atoms with Gasteiger partial charge in [-0.2, -0.15) is 18.8 Å². The molecule has 1 fully saturated rings. The van der Waals surface area contributed by atoms with Crippen molar-refractivity contribution < 1.29 is 27.6 Å². The average Bonchev–Trinajstić information content (AvgIpc) is 3.42. The summed E-state index contributed by atoms with van der Waals surface area (Å²) in [6.07, 6.45) is 1.74. The standard InChI is InChI=1S/C22H23N7O6S/c23-8-13-2-1-3-14(6-13)10-29-5-4-17(28-29)20(31)16-9-25-12-26-22(16)27-18-7-15(19(30)21(18)32)11-35-36(24,33)34/h1-6,9,12,15,18-19,21,30,32H,7,10-11H2,(H2,24,33,34)(H,25,26,27)/t15-,18-,19-,21+/m1/s1. The Labute approximate surface area is 206 Å². The van der Waals surface area contributed by atoms with Gasteiger partial charge in [-0.15, -0.1) is 0 Å². The van der Waals surface area contributed by atoms with E-state index in [1.165, 1.54) is 12.5 Å².